The number of amides is 1. The topological polar surface area (TPSA) is 72.5 Å². The van der Waals surface area contributed by atoms with Crippen molar-refractivity contribution in [2.45, 2.75) is 19.3 Å². The molecular weight excluding hydrogens is 378 g/mol. The van der Waals surface area contributed by atoms with Gasteiger partial charge in [-0.3, -0.25) is 9.59 Å². The summed E-state index contributed by atoms with van der Waals surface area (Å²) in [6.45, 7) is -0.374. The Kier molecular flexibility index (Phi) is 5.70. The second-order valence-electron chi connectivity index (χ2n) is 7.23. The molecule has 1 aliphatic carbocycles. The molecule has 0 fully saturated rings. The van der Waals surface area contributed by atoms with Crippen molar-refractivity contribution in [3.63, 3.8) is 0 Å². The monoisotopic (exact) mass is 399 g/mol. The third kappa shape index (κ3) is 4.46. The molecule has 30 heavy (non-hydrogen) atoms. The summed E-state index contributed by atoms with van der Waals surface area (Å²) in [6, 6.07) is 21.0. The Morgan fingerprint density at radius 3 is 2.20 bits per heavy atom. The lowest BCUT2D eigenvalue weighted by Gasteiger charge is -2.09. The van der Waals surface area contributed by atoms with Gasteiger partial charge in [0.1, 0.15) is 0 Å². The van der Waals surface area contributed by atoms with Crippen LogP contribution >= 0.6 is 0 Å². The highest BCUT2D eigenvalue weighted by atomic mass is 16.5. The average Bonchev–Trinajstić information content (AvgIpc) is 3.25. The lowest BCUT2D eigenvalue weighted by molar-refractivity contribution is -0.119. The Morgan fingerprint density at radius 2 is 1.43 bits per heavy atom. The summed E-state index contributed by atoms with van der Waals surface area (Å²) in [6.07, 6.45) is 3.24. The zero-order chi connectivity index (χ0) is 20.9. The lowest BCUT2D eigenvalue weighted by atomic mass is 10.0. The standard InChI is InChI=1S/C25H21NO4/c27-23(26-22-14-13-17-7-4-8-21(17)15-22)16-30-25(29)20-11-9-19(10-12-20)24(28)18-5-2-1-3-6-18/h1-3,5-6,9-15H,4,7-8,16H2,(H,26,27). The van der Waals surface area contributed by atoms with Gasteiger partial charge in [0.2, 0.25) is 0 Å². The first-order valence-corrected chi connectivity index (χ1v) is 9.89. The first-order chi connectivity index (χ1) is 14.6. The molecule has 0 bridgehead atoms. The van der Waals surface area contributed by atoms with Crippen LogP contribution in [0.3, 0.4) is 0 Å². The minimum Gasteiger partial charge on any atom is -0.452 e. The third-order valence-corrected chi connectivity index (χ3v) is 5.14. The number of hydrogen-bond acceptors (Lipinski definition) is 4. The number of aryl methyl sites for hydroxylation is 2. The van der Waals surface area contributed by atoms with E-state index >= 15 is 0 Å². The molecule has 3 aromatic carbocycles. The summed E-state index contributed by atoms with van der Waals surface area (Å²) in [5.74, 6) is -1.13. The van der Waals surface area contributed by atoms with Crippen LogP contribution in [0.2, 0.25) is 0 Å². The molecule has 0 aliphatic heterocycles. The number of rotatable bonds is 6. The van der Waals surface area contributed by atoms with Gasteiger partial charge in [0.05, 0.1) is 5.56 Å². The fourth-order valence-corrected chi connectivity index (χ4v) is 3.57. The van der Waals surface area contributed by atoms with Crippen molar-refractivity contribution in [1.29, 1.82) is 0 Å². The molecule has 1 aliphatic rings. The number of fused-ring (bicyclic) bond motifs is 1. The van der Waals surface area contributed by atoms with E-state index in [1.54, 1.807) is 36.4 Å². The maximum Gasteiger partial charge on any atom is 0.338 e. The highest BCUT2D eigenvalue weighted by Gasteiger charge is 2.14. The first kappa shape index (κ1) is 19.6. The lowest BCUT2D eigenvalue weighted by Crippen LogP contribution is -2.21. The van der Waals surface area contributed by atoms with Gasteiger partial charge in [0, 0.05) is 16.8 Å². The van der Waals surface area contributed by atoms with Crippen molar-refractivity contribution in [1.82, 2.24) is 0 Å². The molecule has 1 amide bonds. The van der Waals surface area contributed by atoms with Crippen LogP contribution in [0, 0.1) is 0 Å². The number of hydrogen-bond donors (Lipinski definition) is 1. The van der Waals surface area contributed by atoms with Gasteiger partial charge < -0.3 is 10.1 Å². The van der Waals surface area contributed by atoms with Crippen LogP contribution in [-0.4, -0.2) is 24.3 Å². The zero-order valence-corrected chi connectivity index (χ0v) is 16.4. The molecule has 0 saturated carbocycles. The van der Waals surface area contributed by atoms with E-state index in [9.17, 15) is 14.4 Å². The van der Waals surface area contributed by atoms with Gasteiger partial charge in [-0.05, 0) is 54.7 Å². The van der Waals surface area contributed by atoms with E-state index in [-0.39, 0.29) is 18.0 Å². The Morgan fingerprint density at radius 1 is 0.767 bits per heavy atom. The first-order valence-electron chi connectivity index (χ1n) is 9.89. The number of ether oxygens (including phenoxy) is 1. The van der Waals surface area contributed by atoms with Gasteiger partial charge >= 0.3 is 5.97 Å². The van der Waals surface area contributed by atoms with Crippen LogP contribution < -0.4 is 5.32 Å². The van der Waals surface area contributed by atoms with Gasteiger partial charge in [-0.1, -0.05) is 48.5 Å². The molecule has 0 atom stereocenters. The Bertz CT molecular complexity index is 1090. The van der Waals surface area contributed by atoms with E-state index in [2.05, 4.69) is 5.32 Å². The zero-order valence-electron chi connectivity index (χ0n) is 16.4. The molecule has 4 rings (SSSR count). The summed E-state index contributed by atoms with van der Waals surface area (Å²) >= 11 is 0. The fraction of sp³-hybridized carbons (Fsp3) is 0.160. The van der Waals surface area contributed by atoms with E-state index in [1.807, 2.05) is 24.3 Å². The number of esters is 1. The predicted octanol–water partition coefficient (Wildman–Crippen LogP) is 4.20. The van der Waals surface area contributed by atoms with Crippen LogP contribution in [0.5, 0.6) is 0 Å². The van der Waals surface area contributed by atoms with Gasteiger partial charge in [-0.25, -0.2) is 4.79 Å². The van der Waals surface area contributed by atoms with Crippen LogP contribution in [0.1, 0.15) is 43.8 Å². The van der Waals surface area contributed by atoms with Crippen molar-refractivity contribution in [2.75, 3.05) is 11.9 Å². The Balaban J connectivity index is 1.31. The number of benzene rings is 3. The maximum atomic E-state index is 12.4. The molecule has 5 nitrogen and oxygen atoms in total. The van der Waals surface area contributed by atoms with Crippen molar-refractivity contribution >= 4 is 23.3 Å². The molecule has 0 spiro atoms. The van der Waals surface area contributed by atoms with Gasteiger partial charge in [-0.2, -0.15) is 0 Å². The number of nitrogens with one attached hydrogen (secondary N) is 1. The van der Waals surface area contributed by atoms with Gasteiger partial charge in [-0.15, -0.1) is 0 Å². The number of anilines is 1. The summed E-state index contributed by atoms with van der Waals surface area (Å²) in [7, 11) is 0. The van der Waals surface area contributed by atoms with Crippen molar-refractivity contribution in [3.05, 3.63) is 101 Å². The SMILES string of the molecule is O=C(COC(=O)c1ccc(C(=O)c2ccccc2)cc1)Nc1ccc2c(c1)CCC2. The molecule has 0 unspecified atom stereocenters. The Hall–Kier alpha value is -3.73. The molecule has 0 radical (unpaired) electrons. The molecule has 3 aromatic rings. The van der Waals surface area contributed by atoms with Gasteiger partial charge in [0.25, 0.3) is 5.91 Å². The van der Waals surface area contributed by atoms with Crippen molar-refractivity contribution < 1.29 is 19.1 Å². The minimum atomic E-state index is -0.613. The van der Waals surface area contributed by atoms with Crippen LogP contribution in [0.4, 0.5) is 5.69 Å². The van der Waals surface area contributed by atoms with E-state index in [0.717, 1.165) is 19.3 Å². The molecule has 1 N–H and O–H groups in total. The largest absolute Gasteiger partial charge is 0.452 e. The quantitative estimate of drug-likeness (QED) is 0.498. The van der Waals surface area contributed by atoms with E-state index < -0.39 is 11.9 Å². The highest BCUT2D eigenvalue weighted by Crippen LogP contribution is 2.24. The number of carbonyl (C=O) groups excluding carboxylic acids is 3. The summed E-state index contributed by atoms with van der Waals surface area (Å²) in [5, 5.41) is 2.76. The minimum absolute atomic E-state index is 0.121. The molecule has 150 valence electrons. The maximum absolute atomic E-state index is 12.4. The second-order valence-corrected chi connectivity index (χ2v) is 7.23. The predicted molar refractivity (Wildman–Crippen MR) is 114 cm³/mol. The molecule has 0 saturated heterocycles. The van der Waals surface area contributed by atoms with Crippen molar-refractivity contribution in [2.24, 2.45) is 0 Å². The second kappa shape index (κ2) is 8.74. The van der Waals surface area contributed by atoms with E-state index in [1.165, 1.54) is 23.3 Å². The van der Waals surface area contributed by atoms with Crippen molar-refractivity contribution in [3.8, 4) is 0 Å². The van der Waals surface area contributed by atoms with Crippen LogP contribution in [-0.2, 0) is 22.4 Å². The van der Waals surface area contributed by atoms with Crippen LogP contribution in [0.25, 0.3) is 0 Å². The summed E-state index contributed by atoms with van der Waals surface area (Å²) in [5.41, 5.74) is 4.64. The number of carbonyl (C=O) groups is 3. The van der Waals surface area contributed by atoms with Gasteiger partial charge in [0.15, 0.2) is 12.4 Å². The molecule has 0 heterocycles. The van der Waals surface area contributed by atoms with E-state index in [4.69, 9.17) is 4.74 Å². The van der Waals surface area contributed by atoms with Crippen LogP contribution in [0.15, 0.2) is 72.8 Å². The Labute approximate surface area is 174 Å². The molecular formula is C25H21NO4. The smallest absolute Gasteiger partial charge is 0.338 e. The highest BCUT2D eigenvalue weighted by molar-refractivity contribution is 6.09. The third-order valence-electron chi connectivity index (χ3n) is 5.14. The van der Waals surface area contributed by atoms with E-state index in [0.29, 0.717) is 16.8 Å². The summed E-state index contributed by atoms with van der Waals surface area (Å²) in [4.78, 5) is 36.8. The molecule has 0 aromatic heterocycles. The fourth-order valence-electron chi connectivity index (χ4n) is 3.57. The molecule has 5 heteroatoms. The summed E-state index contributed by atoms with van der Waals surface area (Å²) < 4.78 is 5.10. The average molecular weight is 399 g/mol. The number of ketones is 1. The normalized spacial score (nSPS) is 12.1.